The molecule has 0 unspecified atom stereocenters. The SMILES string of the molecule is C=Nc1ccc2c([O-])c(N=Nc3cc([N+](=O)[O-])cc([N+](=O)[O-])c3[O-])cc(S(=O)(=O)O)c2c1.CCNc1ccc2c([O-])c(N=Nc3c([O-])ccc([N+](=O)[O-])c3[N+](=O)[O-])cc(S(=O)(=O)O)c2c1.[Cr+3].[H+]. The van der Waals surface area contributed by atoms with Crippen LogP contribution < -0.4 is 25.7 Å². The van der Waals surface area contributed by atoms with E-state index in [-0.39, 0.29) is 46.0 Å². The van der Waals surface area contributed by atoms with Gasteiger partial charge < -0.3 is 25.7 Å². The molecule has 0 spiro atoms. The Bertz CT molecular complexity index is 3340. The van der Waals surface area contributed by atoms with Crippen LogP contribution in [0, 0.1) is 40.5 Å². The van der Waals surface area contributed by atoms with Crippen molar-refractivity contribution in [1.82, 2.24) is 0 Å². The van der Waals surface area contributed by atoms with Crippen LogP contribution in [0.2, 0.25) is 0 Å². The molecule has 0 bridgehead atoms. The number of nitro benzene ring substituents is 4. The molecule has 0 saturated heterocycles. The third kappa shape index (κ3) is 10.5. The molecular weight excluding hydrogens is 965 g/mol. The number of aliphatic imine (C=N–C) groups is 1. The Morgan fingerprint density at radius 1 is 0.606 bits per heavy atom. The fourth-order valence-electron chi connectivity index (χ4n) is 5.76. The maximum atomic E-state index is 12.8. The van der Waals surface area contributed by atoms with Crippen LogP contribution in [-0.4, -0.2) is 58.9 Å². The molecule has 0 amide bonds. The van der Waals surface area contributed by atoms with Gasteiger partial charge in [0.2, 0.25) is 0 Å². The standard InChI is InChI=1S/C18H15N5O9S.C17H11N5O9S.Cr/c1-2-19-9-3-4-10-11(7-9)15(33(30,31)32)8-12(18(10)25)20-21-16-14(24)6-5-13(22(26)27)17(16)23(28)29;1-18-8-2-3-10-11(4-8)15(32(29,30)31)7-13(16(10)23)20-19-12-5-9(21(25)26)6-14(17(12)24)22(27)28;/h3-8,19,24-25H,2H2,1H3,(H,30,31,32);2-7,23-24H,1H2,(H,29,30,31);/q;;+3/p-3. The van der Waals surface area contributed by atoms with Crippen LogP contribution in [0.25, 0.3) is 21.5 Å². The van der Waals surface area contributed by atoms with Crippen LogP contribution in [-0.2, 0) is 37.6 Å². The second kappa shape index (κ2) is 19.6. The van der Waals surface area contributed by atoms with Crippen molar-refractivity contribution in [2.75, 3.05) is 11.9 Å². The van der Waals surface area contributed by atoms with Gasteiger partial charge in [0.15, 0.2) is 5.69 Å². The molecule has 0 aromatic heterocycles. The van der Waals surface area contributed by atoms with E-state index in [1.807, 2.05) is 0 Å². The van der Waals surface area contributed by atoms with Gasteiger partial charge in [0.25, 0.3) is 31.6 Å². The molecule has 0 aliphatic heterocycles. The molecule has 28 nitrogen and oxygen atoms in total. The number of nitro groups is 4. The first-order valence-electron chi connectivity index (χ1n) is 17.2. The van der Waals surface area contributed by atoms with Crippen LogP contribution in [0.4, 0.5) is 56.9 Å². The molecule has 0 aliphatic carbocycles. The summed E-state index contributed by atoms with van der Waals surface area (Å²) in [4.78, 5) is 42.1. The number of benzene rings is 6. The first-order chi connectivity index (χ1) is 30.4. The number of nitrogens with one attached hydrogen (secondary N) is 1. The summed E-state index contributed by atoms with van der Waals surface area (Å²) in [5.41, 5.74) is -6.74. The summed E-state index contributed by atoms with van der Waals surface area (Å²) >= 11 is 0. The van der Waals surface area contributed by atoms with Crippen molar-refractivity contribution >= 4 is 105 Å². The van der Waals surface area contributed by atoms with Gasteiger partial charge in [-0.1, -0.05) is 35.4 Å². The molecule has 0 aliphatic rings. The zero-order valence-corrected chi connectivity index (χ0v) is 35.4. The minimum absolute atomic E-state index is 0. The van der Waals surface area contributed by atoms with Gasteiger partial charge in [0, 0.05) is 40.9 Å². The zero-order valence-electron chi connectivity index (χ0n) is 33.5. The number of hydrogen-bond donors (Lipinski definition) is 3. The molecule has 6 aromatic rings. The molecule has 339 valence electrons. The van der Waals surface area contributed by atoms with Crippen molar-refractivity contribution < 1.29 is 84.8 Å². The van der Waals surface area contributed by atoms with Gasteiger partial charge in [0.05, 0.1) is 48.5 Å². The summed E-state index contributed by atoms with van der Waals surface area (Å²) in [6.07, 6.45) is 0. The average Bonchev–Trinajstić information content (AvgIpc) is 3.22. The van der Waals surface area contributed by atoms with E-state index in [9.17, 15) is 86.8 Å². The summed E-state index contributed by atoms with van der Waals surface area (Å²) in [5, 5.41) is 110. The van der Waals surface area contributed by atoms with E-state index in [0.717, 1.165) is 0 Å². The van der Waals surface area contributed by atoms with Gasteiger partial charge >= 0.3 is 30.2 Å². The largest absolute Gasteiger partial charge is 3.00 e. The molecule has 31 heteroatoms. The van der Waals surface area contributed by atoms with E-state index in [1.165, 1.54) is 36.4 Å². The predicted octanol–water partition coefficient (Wildman–Crippen LogP) is 5.80. The van der Waals surface area contributed by atoms with E-state index in [4.69, 9.17) is 0 Å². The van der Waals surface area contributed by atoms with Gasteiger partial charge in [-0.2, -0.15) is 32.2 Å². The van der Waals surface area contributed by atoms with Crippen LogP contribution in [0.1, 0.15) is 8.35 Å². The van der Waals surface area contributed by atoms with Crippen molar-refractivity contribution in [3.8, 4) is 23.0 Å². The molecule has 0 heterocycles. The zero-order chi connectivity index (χ0) is 48.3. The van der Waals surface area contributed by atoms with Gasteiger partial charge in [-0.25, -0.2) is 0 Å². The molecular formula is C35H23CrN10O18S2. The van der Waals surface area contributed by atoms with Crippen LogP contribution in [0.5, 0.6) is 23.0 Å². The monoisotopic (exact) mass is 987 g/mol. The van der Waals surface area contributed by atoms with E-state index in [1.54, 1.807) is 6.92 Å². The molecule has 66 heavy (non-hydrogen) atoms. The van der Waals surface area contributed by atoms with Crippen LogP contribution in [0.3, 0.4) is 0 Å². The molecule has 0 saturated carbocycles. The van der Waals surface area contributed by atoms with Crippen LogP contribution in [0.15, 0.2) is 108 Å². The summed E-state index contributed by atoms with van der Waals surface area (Å²) in [6.45, 7) is 5.56. The van der Waals surface area contributed by atoms with E-state index in [2.05, 4.69) is 37.5 Å². The van der Waals surface area contributed by atoms with Crippen molar-refractivity contribution in [2.45, 2.75) is 16.7 Å². The normalized spacial score (nSPS) is 11.5. The Balaban J connectivity index is 0.000000345. The minimum atomic E-state index is -4.86. The number of rotatable bonds is 13. The predicted molar refractivity (Wildman–Crippen MR) is 218 cm³/mol. The Kier molecular flexibility index (Phi) is 14.9. The average molecular weight is 988 g/mol. The Morgan fingerprint density at radius 3 is 1.58 bits per heavy atom. The molecule has 6 rings (SSSR count). The van der Waals surface area contributed by atoms with Crippen molar-refractivity contribution in [3.63, 3.8) is 0 Å². The third-order valence-corrected chi connectivity index (χ3v) is 10.4. The van der Waals surface area contributed by atoms with Crippen molar-refractivity contribution in [1.29, 1.82) is 0 Å². The number of anilines is 1. The van der Waals surface area contributed by atoms with Crippen molar-refractivity contribution in [2.24, 2.45) is 25.4 Å². The van der Waals surface area contributed by atoms with Gasteiger partial charge in [-0.05, 0) is 60.8 Å². The van der Waals surface area contributed by atoms with E-state index < -0.39 is 118 Å². The second-order valence-corrected chi connectivity index (χ2v) is 15.4. The Morgan fingerprint density at radius 2 is 1.11 bits per heavy atom. The topological polar surface area (TPSA) is 447 Å². The molecule has 6 aromatic carbocycles. The number of fused-ring (bicyclic) bond motifs is 2. The molecule has 1 radical (unpaired) electrons. The number of non-ortho nitro benzene ring substituents is 1. The number of nitrogens with zero attached hydrogens (tertiary/aromatic N) is 9. The maximum Gasteiger partial charge on any atom is 3.00 e. The van der Waals surface area contributed by atoms with Gasteiger partial charge in [-0.15, -0.1) is 5.11 Å². The van der Waals surface area contributed by atoms with Crippen LogP contribution >= 0.6 is 0 Å². The number of azo groups is 2. The quantitative estimate of drug-likeness (QED) is 0.0404. The smallest absolute Gasteiger partial charge is 0.871 e. The Hall–Kier alpha value is -8.34. The fourth-order valence-corrected chi connectivity index (χ4v) is 7.18. The van der Waals surface area contributed by atoms with E-state index in [0.29, 0.717) is 48.6 Å². The second-order valence-electron chi connectivity index (χ2n) is 12.6. The minimum Gasteiger partial charge on any atom is -0.871 e. The van der Waals surface area contributed by atoms with E-state index >= 15 is 0 Å². The summed E-state index contributed by atoms with van der Waals surface area (Å²) in [6, 6.07) is 11.5. The first kappa shape index (κ1) is 50.3. The summed E-state index contributed by atoms with van der Waals surface area (Å²) < 4.78 is 66.6. The number of hydrogen-bond acceptors (Lipinski definition) is 22. The maximum absolute atomic E-state index is 12.8. The Labute approximate surface area is 379 Å². The molecule has 3 N–H and O–H groups in total. The fraction of sp³-hybridized carbons (Fsp3) is 0.0571. The summed E-state index contributed by atoms with van der Waals surface area (Å²) in [5.74, 6) is -4.12. The van der Waals surface area contributed by atoms with Crippen molar-refractivity contribution in [3.05, 3.63) is 113 Å². The molecule has 0 fully saturated rings. The van der Waals surface area contributed by atoms with Gasteiger partial charge in [0.1, 0.15) is 9.79 Å². The van der Waals surface area contributed by atoms with Gasteiger partial charge in [-0.3, -0.25) is 54.6 Å². The molecule has 0 atom stereocenters. The first-order valence-corrected chi connectivity index (χ1v) is 20.1. The third-order valence-electron chi connectivity index (χ3n) is 8.60. The summed E-state index contributed by atoms with van der Waals surface area (Å²) in [7, 11) is -9.72.